The second-order valence-electron chi connectivity index (χ2n) is 0.349. The standard InChI is InChI=1S/CHO2.Mo.S/c2-1-3;;/h(H,2,3);;. The summed E-state index contributed by atoms with van der Waals surface area (Å²) in [5, 5.41) is 7.68. The zero-order chi connectivity index (χ0) is 4.28. The number of carbonyl (C=O) groups is 1. The Morgan fingerprint density at radius 1 is 2.00 bits per heavy atom. The fourth-order valence-electron chi connectivity index (χ4n) is 0. The van der Waals surface area contributed by atoms with Crippen molar-refractivity contribution in [3.05, 3.63) is 0 Å². The molecule has 4 heteroatoms. The molecule has 0 atom stereocenters. The molecule has 5 heavy (non-hydrogen) atoms. The van der Waals surface area contributed by atoms with Crippen molar-refractivity contribution in [2.75, 3.05) is 0 Å². The number of rotatable bonds is 1. The first-order valence-electron chi connectivity index (χ1n) is 0.799. The van der Waals surface area contributed by atoms with E-state index in [0.717, 1.165) is 0 Å². The van der Waals surface area contributed by atoms with E-state index in [0.29, 0.717) is 0 Å². The van der Waals surface area contributed by atoms with E-state index in [1.54, 1.807) is 0 Å². The fourth-order valence-corrected chi connectivity index (χ4v) is 0. The first kappa shape index (κ1) is 5.38. The average Bonchev–Trinajstić information content (AvgIpc) is 1.38. The van der Waals surface area contributed by atoms with Crippen molar-refractivity contribution < 1.29 is 26.6 Å². The van der Waals surface area contributed by atoms with Gasteiger partial charge in [0.05, 0.1) is 0 Å². The Balaban J connectivity index is 3.20. The van der Waals surface area contributed by atoms with Gasteiger partial charge in [0.1, 0.15) is 0 Å². The average molecular weight is 173 g/mol. The van der Waals surface area contributed by atoms with Crippen molar-refractivity contribution >= 4 is 14.2 Å². The molecule has 0 spiro atoms. The summed E-state index contributed by atoms with van der Waals surface area (Å²) in [7, 11) is 4.21. The van der Waals surface area contributed by atoms with Crippen LogP contribution in [0.2, 0.25) is 0 Å². The van der Waals surface area contributed by atoms with Crippen molar-refractivity contribution in [3.8, 4) is 0 Å². The Labute approximate surface area is 41.2 Å². The maximum absolute atomic E-state index is 9.32. The van der Waals surface area contributed by atoms with Crippen LogP contribution in [-0.2, 0) is 16.7 Å². The molecule has 1 N–H and O–H groups in total. The van der Waals surface area contributed by atoms with Crippen LogP contribution in [0.4, 0.5) is 4.79 Å². The minimum absolute atomic E-state index is 0.801. The van der Waals surface area contributed by atoms with Crippen molar-refractivity contribution in [1.29, 1.82) is 0 Å². The monoisotopic (exact) mass is 175 g/mol. The van der Waals surface area contributed by atoms with Gasteiger partial charge in [0, 0.05) is 0 Å². The predicted molar refractivity (Wildman–Crippen MR) is 15.6 cm³/mol. The molecule has 0 aromatic carbocycles. The van der Waals surface area contributed by atoms with Gasteiger partial charge in [-0.25, -0.2) is 0 Å². The van der Waals surface area contributed by atoms with E-state index in [9.17, 15) is 4.79 Å². The normalized spacial score (nSPS) is 6.40. The maximum atomic E-state index is 9.32. The van der Waals surface area contributed by atoms with Crippen molar-refractivity contribution in [3.63, 3.8) is 0 Å². The van der Waals surface area contributed by atoms with Crippen molar-refractivity contribution in [2.24, 2.45) is 0 Å². The number of hydrogen-bond acceptors (Lipinski definition) is 2. The Hall–Kier alpha value is 0.378. The summed E-state index contributed by atoms with van der Waals surface area (Å²) >= 11 is -1.09. The van der Waals surface area contributed by atoms with Gasteiger partial charge in [-0.05, 0) is 0 Å². The molecule has 2 nitrogen and oxygen atoms in total. The molecule has 0 fully saturated rings. The van der Waals surface area contributed by atoms with Crippen LogP contribution in [0.25, 0.3) is 0 Å². The van der Waals surface area contributed by atoms with Crippen LogP contribution in [-0.4, -0.2) is 9.47 Å². The summed E-state index contributed by atoms with van der Waals surface area (Å²) in [6, 6.07) is 0. The van der Waals surface area contributed by atoms with E-state index >= 15 is 0 Å². The van der Waals surface area contributed by atoms with Crippen LogP contribution in [0.3, 0.4) is 0 Å². The third-order valence-electron chi connectivity index (χ3n) is 0.0713. The molecule has 0 aliphatic carbocycles. The molecule has 0 aromatic rings. The molecule has 0 saturated carbocycles. The van der Waals surface area contributed by atoms with E-state index in [2.05, 4.69) is 9.82 Å². The summed E-state index contributed by atoms with van der Waals surface area (Å²) in [5.74, 6) is 0. The summed E-state index contributed by atoms with van der Waals surface area (Å²) in [5.41, 5.74) is 0. The van der Waals surface area contributed by atoms with Gasteiger partial charge in [0.2, 0.25) is 0 Å². The summed E-state index contributed by atoms with van der Waals surface area (Å²) < 4.78 is -0.801. The van der Waals surface area contributed by atoms with Crippen molar-refractivity contribution in [1.82, 2.24) is 0 Å². The number of hydrogen-bond donors (Lipinski definition) is 1. The van der Waals surface area contributed by atoms with Crippen molar-refractivity contribution in [2.45, 2.75) is 0 Å². The quantitative estimate of drug-likeness (QED) is 0.597. The molecule has 0 amide bonds. The topological polar surface area (TPSA) is 37.3 Å². The third kappa shape index (κ3) is 4.38. The first-order valence-corrected chi connectivity index (χ1v) is 4.59. The van der Waals surface area contributed by atoms with Crippen LogP contribution in [0, 0.1) is 0 Å². The molecular formula is CHMoO2S. The fraction of sp³-hybridized carbons (Fsp3) is 0. The van der Waals surface area contributed by atoms with Crippen LogP contribution >= 0.6 is 9.82 Å². The zero-order valence-corrected chi connectivity index (χ0v) is 5.00. The second-order valence-corrected chi connectivity index (χ2v) is 2.60. The molecule has 0 rings (SSSR count). The van der Waals surface area contributed by atoms with Gasteiger partial charge >= 0.3 is 40.8 Å². The minimum atomic E-state index is -1.09. The van der Waals surface area contributed by atoms with E-state index in [1.807, 2.05) is 0 Å². The molecular weight excluding hydrogens is 172 g/mol. The second kappa shape index (κ2) is 2.61. The van der Waals surface area contributed by atoms with Crippen LogP contribution < -0.4 is 0 Å². The van der Waals surface area contributed by atoms with Gasteiger partial charge in [0.25, 0.3) is 0 Å². The van der Waals surface area contributed by atoms with Crippen LogP contribution in [0.1, 0.15) is 0 Å². The van der Waals surface area contributed by atoms with Gasteiger partial charge in [0.15, 0.2) is 0 Å². The van der Waals surface area contributed by atoms with Gasteiger partial charge in [-0.3, -0.25) is 0 Å². The van der Waals surface area contributed by atoms with Gasteiger partial charge < -0.3 is 0 Å². The SMILES string of the molecule is O=[C](O)[Mo]=[S]. The Morgan fingerprint density at radius 3 is 2.20 bits per heavy atom. The molecule has 0 saturated heterocycles. The molecule has 0 aliphatic heterocycles. The molecule has 0 bridgehead atoms. The Bertz CT molecular complexity index is 60.7. The molecule has 29 valence electrons. The number of carboxylic acid groups (broad SMARTS) is 1. The molecule has 0 radical (unpaired) electrons. The molecule has 0 aliphatic rings. The summed E-state index contributed by atoms with van der Waals surface area (Å²) in [4.78, 5) is 9.32. The van der Waals surface area contributed by atoms with E-state index in [1.165, 1.54) is 0 Å². The zero-order valence-electron chi connectivity index (χ0n) is 2.17. The van der Waals surface area contributed by atoms with E-state index < -0.39 is 21.1 Å². The van der Waals surface area contributed by atoms with E-state index in [4.69, 9.17) is 5.11 Å². The van der Waals surface area contributed by atoms with Crippen LogP contribution in [0.5, 0.6) is 0 Å². The van der Waals surface area contributed by atoms with E-state index in [-0.39, 0.29) is 0 Å². The molecule has 0 aromatic heterocycles. The molecule has 0 unspecified atom stereocenters. The predicted octanol–water partition coefficient (Wildman–Crippen LogP) is 0.859. The van der Waals surface area contributed by atoms with Gasteiger partial charge in [-0.2, -0.15) is 0 Å². The Kier molecular flexibility index (Phi) is 2.80. The van der Waals surface area contributed by atoms with Gasteiger partial charge in [-0.1, -0.05) is 0 Å². The van der Waals surface area contributed by atoms with Crippen LogP contribution in [0.15, 0.2) is 0 Å². The summed E-state index contributed by atoms with van der Waals surface area (Å²) in [6.07, 6.45) is 0. The van der Waals surface area contributed by atoms with Gasteiger partial charge in [-0.15, -0.1) is 0 Å². The summed E-state index contributed by atoms with van der Waals surface area (Å²) in [6.45, 7) is 0. The Morgan fingerprint density at radius 2 is 2.20 bits per heavy atom. The molecule has 0 heterocycles. The first-order chi connectivity index (χ1) is 2.27. The third-order valence-corrected chi connectivity index (χ3v) is 1.27.